The van der Waals surface area contributed by atoms with E-state index < -0.39 is 27.9 Å². The minimum Gasteiger partial charge on any atom is -0.378 e. The number of aryl methyl sites for hydroxylation is 1. The van der Waals surface area contributed by atoms with Crippen molar-refractivity contribution in [2.24, 2.45) is 0 Å². The van der Waals surface area contributed by atoms with E-state index in [2.05, 4.69) is 4.72 Å². The van der Waals surface area contributed by atoms with Crippen LogP contribution in [0.25, 0.3) is 11.1 Å². The highest BCUT2D eigenvalue weighted by Gasteiger charge is 2.25. The predicted molar refractivity (Wildman–Crippen MR) is 118 cm³/mol. The van der Waals surface area contributed by atoms with Crippen LogP contribution in [0.5, 0.6) is 0 Å². The summed E-state index contributed by atoms with van der Waals surface area (Å²) in [5.74, 6) is -1.26. The SMILES string of the molecule is CCc1ccc(CC(O)N2CCC[C@H](NS(C)(=O)=O)CC2)c(-c2c(F)cccc2F)c1. The summed E-state index contributed by atoms with van der Waals surface area (Å²) in [5.41, 5.74) is 2.01. The van der Waals surface area contributed by atoms with Gasteiger partial charge in [-0.3, -0.25) is 4.90 Å². The van der Waals surface area contributed by atoms with Crippen molar-refractivity contribution in [3.05, 3.63) is 59.2 Å². The van der Waals surface area contributed by atoms with Gasteiger partial charge in [0.25, 0.3) is 0 Å². The van der Waals surface area contributed by atoms with Crippen LogP contribution in [-0.2, 0) is 22.9 Å². The summed E-state index contributed by atoms with van der Waals surface area (Å²) >= 11 is 0. The van der Waals surface area contributed by atoms with Gasteiger partial charge >= 0.3 is 0 Å². The van der Waals surface area contributed by atoms with Crippen LogP contribution in [-0.4, -0.2) is 50.0 Å². The molecule has 1 aliphatic rings. The first-order valence-corrected chi connectivity index (χ1v) is 12.5. The van der Waals surface area contributed by atoms with Gasteiger partial charge in [-0.2, -0.15) is 0 Å². The molecule has 0 amide bonds. The Balaban J connectivity index is 1.81. The summed E-state index contributed by atoms with van der Waals surface area (Å²) in [6.45, 7) is 3.13. The quantitative estimate of drug-likeness (QED) is 0.675. The number of hydrogen-bond acceptors (Lipinski definition) is 4. The Morgan fingerprint density at radius 2 is 1.87 bits per heavy atom. The minimum atomic E-state index is -3.28. The second-order valence-corrected chi connectivity index (χ2v) is 9.96. The van der Waals surface area contributed by atoms with Crippen LogP contribution in [0.15, 0.2) is 36.4 Å². The Labute approximate surface area is 183 Å². The zero-order chi connectivity index (χ0) is 22.6. The van der Waals surface area contributed by atoms with E-state index in [-0.39, 0.29) is 18.0 Å². The fourth-order valence-corrected chi connectivity index (χ4v) is 5.01. The molecule has 0 spiro atoms. The lowest BCUT2D eigenvalue weighted by molar-refractivity contribution is 0.00654. The third-order valence-corrected chi connectivity index (χ3v) is 6.54. The number of benzene rings is 2. The molecule has 1 unspecified atom stereocenters. The van der Waals surface area contributed by atoms with Crippen molar-refractivity contribution in [3.63, 3.8) is 0 Å². The Bertz CT molecular complexity index is 994. The van der Waals surface area contributed by atoms with E-state index in [4.69, 9.17) is 0 Å². The van der Waals surface area contributed by atoms with Crippen LogP contribution >= 0.6 is 0 Å². The number of aliphatic hydroxyl groups excluding tert-OH is 1. The number of halogens is 2. The van der Waals surface area contributed by atoms with Gasteiger partial charge in [0, 0.05) is 25.6 Å². The number of rotatable bonds is 7. The first-order chi connectivity index (χ1) is 14.7. The maximum absolute atomic E-state index is 14.5. The van der Waals surface area contributed by atoms with Crippen molar-refractivity contribution in [2.75, 3.05) is 19.3 Å². The monoisotopic (exact) mass is 452 g/mol. The van der Waals surface area contributed by atoms with E-state index in [0.717, 1.165) is 24.7 Å². The zero-order valence-electron chi connectivity index (χ0n) is 17.9. The zero-order valence-corrected chi connectivity index (χ0v) is 18.8. The fraction of sp³-hybridized carbons (Fsp3) is 0.478. The third kappa shape index (κ3) is 6.32. The standard InChI is InChI=1S/C23H30F2N2O3S/c1-3-16-9-10-17(19(14-16)23-20(24)7-4-8-21(23)25)15-22(28)27-12-5-6-18(11-13-27)26-31(2,29)30/h4,7-10,14,18,22,26,28H,3,5-6,11-13,15H2,1-2H3/t18-,22?/m0/s1. The van der Waals surface area contributed by atoms with Crippen molar-refractivity contribution < 1.29 is 22.3 Å². The maximum Gasteiger partial charge on any atom is 0.208 e. The molecular formula is C23H30F2N2O3S. The molecule has 2 aromatic carbocycles. The average Bonchev–Trinajstić information content (AvgIpc) is 2.93. The molecule has 0 aromatic heterocycles. The summed E-state index contributed by atoms with van der Waals surface area (Å²) in [7, 11) is -3.28. The second kappa shape index (κ2) is 10.2. The highest BCUT2D eigenvalue weighted by atomic mass is 32.2. The molecule has 1 saturated heterocycles. The number of aliphatic hydroxyl groups is 1. The lowest BCUT2D eigenvalue weighted by Crippen LogP contribution is -2.39. The Morgan fingerprint density at radius 3 is 2.52 bits per heavy atom. The van der Waals surface area contributed by atoms with Crippen LogP contribution in [0.4, 0.5) is 8.78 Å². The molecule has 1 aliphatic heterocycles. The minimum absolute atomic E-state index is 0.0757. The van der Waals surface area contributed by atoms with Crippen molar-refractivity contribution in [1.82, 2.24) is 9.62 Å². The van der Waals surface area contributed by atoms with Crippen LogP contribution in [0, 0.1) is 11.6 Å². The van der Waals surface area contributed by atoms with Gasteiger partial charge in [-0.25, -0.2) is 21.9 Å². The summed E-state index contributed by atoms with van der Waals surface area (Å²) < 4.78 is 54.7. The Hall–Kier alpha value is -1.87. The Kier molecular flexibility index (Phi) is 7.80. The number of nitrogens with zero attached hydrogens (tertiary/aromatic N) is 1. The van der Waals surface area contributed by atoms with Gasteiger partial charge in [0.2, 0.25) is 10.0 Å². The molecule has 1 heterocycles. The molecule has 2 aromatic rings. The van der Waals surface area contributed by atoms with Crippen LogP contribution in [0.2, 0.25) is 0 Å². The lowest BCUT2D eigenvalue weighted by Gasteiger charge is -2.27. The van der Waals surface area contributed by atoms with Crippen molar-refractivity contribution in [1.29, 1.82) is 0 Å². The van der Waals surface area contributed by atoms with Crippen LogP contribution in [0.1, 0.15) is 37.3 Å². The normalized spacial score (nSPS) is 19.2. The second-order valence-electron chi connectivity index (χ2n) is 8.18. The first-order valence-electron chi connectivity index (χ1n) is 10.6. The molecule has 2 N–H and O–H groups in total. The van der Waals surface area contributed by atoms with Gasteiger partial charge in [0.15, 0.2) is 0 Å². The molecule has 3 rings (SSSR count). The van der Waals surface area contributed by atoms with Crippen molar-refractivity contribution in [2.45, 2.75) is 51.3 Å². The molecule has 0 aliphatic carbocycles. The van der Waals surface area contributed by atoms with Gasteiger partial charge in [0.1, 0.15) is 17.9 Å². The van der Waals surface area contributed by atoms with E-state index in [9.17, 15) is 22.3 Å². The van der Waals surface area contributed by atoms with E-state index in [1.165, 1.54) is 18.2 Å². The van der Waals surface area contributed by atoms with E-state index in [1.54, 1.807) is 6.07 Å². The third-order valence-electron chi connectivity index (χ3n) is 5.78. The molecule has 0 bridgehead atoms. The van der Waals surface area contributed by atoms with Gasteiger partial charge in [-0.05, 0) is 54.5 Å². The molecule has 170 valence electrons. The summed E-state index contributed by atoms with van der Waals surface area (Å²) in [5, 5.41) is 10.9. The number of sulfonamides is 1. The van der Waals surface area contributed by atoms with Gasteiger partial charge < -0.3 is 5.11 Å². The molecule has 0 saturated carbocycles. The van der Waals surface area contributed by atoms with Crippen molar-refractivity contribution >= 4 is 10.0 Å². The highest BCUT2D eigenvalue weighted by Crippen LogP contribution is 2.31. The Morgan fingerprint density at radius 1 is 1.16 bits per heavy atom. The van der Waals surface area contributed by atoms with E-state index in [1.807, 2.05) is 24.0 Å². The first kappa shape index (κ1) is 23.8. The molecular weight excluding hydrogens is 422 g/mol. The smallest absolute Gasteiger partial charge is 0.208 e. The predicted octanol–water partition coefficient (Wildman–Crippen LogP) is 3.46. The van der Waals surface area contributed by atoms with Gasteiger partial charge in [-0.15, -0.1) is 0 Å². The van der Waals surface area contributed by atoms with E-state index >= 15 is 0 Å². The lowest BCUT2D eigenvalue weighted by atomic mass is 9.93. The largest absolute Gasteiger partial charge is 0.378 e. The van der Waals surface area contributed by atoms with Crippen molar-refractivity contribution in [3.8, 4) is 11.1 Å². The number of likely N-dealkylation sites (tertiary alicyclic amines) is 1. The molecule has 31 heavy (non-hydrogen) atoms. The molecule has 2 atom stereocenters. The van der Waals surface area contributed by atoms with Gasteiger partial charge in [0.05, 0.1) is 11.8 Å². The molecule has 5 nitrogen and oxygen atoms in total. The fourth-order valence-electron chi connectivity index (χ4n) is 4.17. The molecule has 1 fully saturated rings. The topological polar surface area (TPSA) is 69.6 Å². The number of nitrogens with one attached hydrogen (secondary N) is 1. The average molecular weight is 453 g/mol. The summed E-state index contributed by atoms with van der Waals surface area (Å²) in [6.07, 6.45) is 3.30. The molecule has 8 heteroatoms. The number of hydrogen-bond donors (Lipinski definition) is 2. The summed E-state index contributed by atoms with van der Waals surface area (Å²) in [6, 6.07) is 9.19. The maximum atomic E-state index is 14.5. The highest BCUT2D eigenvalue weighted by molar-refractivity contribution is 7.88. The molecule has 0 radical (unpaired) electrons. The van der Waals surface area contributed by atoms with Crippen LogP contribution < -0.4 is 4.72 Å². The van der Waals surface area contributed by atoms with Gasteiger partial charge in [-0.1, -0.05) is 31.2 Å². The van der Waals surface area contributed by atoms with Crippen LogP contribution in [0.3, 0.4) is 0 Å². The summed E-state index contributed by atoms with van der Waals surface area (Å²) in [4.78, 5) is 1.90. The van der Waals surface area contributed by atoms with E-state index in [0.29, 0.717) is 37.1 Å².